The van der Waals surface area contributed by atoms with Crippen molar-refractivity contribution in [1.82, 2.24) is 0 Å². The normalized spacial score (nSPS) is 10.3. The molecule has 0 aliphatic carbocycles. The van der Waals surface area contributed by atoms with Crippen molar-refractivity contribution in [2.75, 3.05) is 0 Å². The number of rotatable bonds is 5. The second kappa shape index (κ2) is 5.50. The van der Waals surface area contributed by atoms with E-state index in [2.05, 4.69) is 20.4 Å². The van der Waals surface area contributed by atoms with Crippen molar-refractivity contribution in [2.24, 2.45) is 5.92 Å². The van der Waals surface area contributed by atoms with E-state index >= 15 is 0 Å². The third-order valence-electron chi connectivity index (χ3n) is 2.79. The van der Waals surface area contributed by atoms with Gasteiger partial charge in [0.05, 0.1) is 0 Å². The van der Waals surface area contributed by atoms with Crippen molar-refractivity contribution in [3.8, 4) is 0 Å². The van der Waals surface area contributed by atoms with E-state index in [1.807, 2.05) is 24.3 Å². The van der Waals surface area contributed by atoms with Crippen LogP contribution in [0.4, 0.5) is 0 Å². The Bertz CT molecular complexity index is 331. The molecule has 0 atom stereocenters. The molecule has 1 heteroatoms. The van der Waals surface area contributed by atoms with Gasteiger partial charge in [-0.1, -0.05) is 50.8 Å². The van der Waals surface area contributed by atoms with Gasteiger partial charge in [0.25, 0.3) is 0 Å². The van der Waals surface area contributed by atoms with E-state index in [0.29, 0.717) is 0 Å². The minimum absolute atomic E-state index is 0.166. The summed E-state index contributed by atoms with van der Waals surface area (Å²) in [5.74, 6) is 0.426. The van der Waals surface area contributed by atoms with E-state index in [1.165, 1.54) is 0 Å². The molecule has 0 aliphatic heterocycles. The molecular weight excluding hydrogens is 184 g/mol. The maximum atomic E-state index is 12.0. The van der Waals surface area contributed by atoms with Crippen LogP contribution in [0.15, 0.2) is 30.8 Å². The van der Waals surface area contributed by atoms with Crippen molar-refractivity contribution in [1.29, 1.82) is 0 Å². The van der Waals surface area contributed by atoms with E-state index in [0.717, 1.165) is 24.0 Å². The first-order chi connectivity index (χ1) is 7.22. The van der Waals surface area contributed by atoms with Crippen LogP contribution in [0.25, 0.3) is 6.08 Å². The summed E-state index contributed by atoms with van der Waals surface area (Å²) in [6.07, 6.45) is 3.61. The summed E-state index contributed by atoms with van der Waals surface area (Å²) in [6, 6.07) is 7.64. The molecule has 0 amide bonds. The summed E-state index contributed by atoms with van der Waals surface area (Å²) in [5.41, 5.74) is 1.87. The molecule has 0 fully saturated rings. The lowest BCUT2D eigenvalue weighted by molar-refractivity contribution is 0.0913. The van der Waals surface area contributed by atoms with Gasteiger partial charge in [0.15, 0.2) is 5.78 Å². The average molecular weight is 202 g/mol. The van der Waals surface area contributed by atoms with E-state index in [-0.39, 0.29) is 11.7 Å². The average Bonchev–Trinajstić information content (AvgIpc) is 2.30. The summed E-state index contributed by atoms with van der Waals surface area (Å²) in [5, 5.41) is 0. The van der Waals surface area contributed by atoms with Crippen LogP contribution in [-0.2, 0) is 0 Å². The van der Waals surface area contributed by atoms with Gasteiger partial charge in [0.1, 0.15) is 0 Å². The predicted octanol–water partition coefficient (Wildman–Crippen LogP) is 3.95. The van der Waals surface area contributed by atoms with Gasteiger partial charge in [-0.15, -0.1) is 0 Å². The molecule has 1 aromatic carbocycles. The molecule has 80 valence electrons. The minimum atomic E-state index is 0.166. The first-order valence-electron chi connectivity index (χ1n) is 5.49. The third kappa shape index (κ3) is 2.79. The van der Waals surface area contributed by atoms with Crippen LogP contribution in [0.3, 0.4) is 0 Å². The van der Waals surface area contributed by atoms with Crippen molar-refractivity contribution >= 4 is 11.9 Å². The molecule has 0 radical (unpaired) electrons. The van der Waals surface area contributed by atoms with Gasteiger partial charge in [-0.3, -0.25) is 4.79 Å². The maximum absolute atomic E-state index is 12.0. The fourth-order valence-corrected chi connectivity index (χ4v) is 1.68. The second-order valence-electron chi connectivity index (χ2n) is 3.70. The van der Waals surface area contributed by atoms with Crippen molar-refractivity contribution < 1.29 is 4.79 Å². The molecule has 15 heavy (non-hydrogen) atoms. The zero-order valence-corrected chi connectivity index (χ0v) is 9.49. The highest BCUT2D eigenvalue weighted by atomic mass is 16.1. The van der Waals surface area contributed by atoms with E-state index in [1.54, 1.807) is 6.08 Å². The molecule has 0 bridgehead atoms. The number of carbonyl (C=O) groups excluding carboxylic acids is 1. The standard InChI is InChI=1S/C14H18O/c1-4-11-7-9-13(10-8-11)14(15)12(5-2)6-3/h4,7-10,12H,1,5-6H2,2-3H3. The lowest BCUT2D eigenvalue weighted by Crippen LogP contribution is -2.12. The van der Waals surface area contributed by atoms with Crippen molar-refractivity contribution in [2.45, 2.75) is 26.7 Å². The molecule has 0 N–H and O–H groups in total. The molecule has 0 saturated carbocycles. The summed E-state index contributed by atoms with van der Waals surface area (Å²) in [7, 11) is 0. The van der Waals surface area contributed by atoms with Crippen LogP contribution < -0.4 is 0 Å². The van der Waals surface area contributed by atoms with Gasteiger partial charge >= 0.3 is 0 Å². The molecule has 1 aromatic rings. The van der Waals surface area contributed by atoms with Crippen LogP contribution in [0.2, 0.25) is 0 Å². The number of ketones is 1. The summed E-state index contributed by atoms with van der Waals surface area (Å²) >= 11 is 0. The molecule has 0 unspecified atom stereocenters. The highest BCUT2D eigenvalue weighted by Gasteiger charge is 2.15. The predicted molar refractivity (Wildman–Crippen MR) is 64.9 cm³/mol. The zero-order chi connectivity index (χ0) is 11.3. The SMILES string of the molecule is C=Cc1ccc(C(=O)C(CC)CC)cc1. The molecule has 0 aromatic heterocycles. The van der Waals surface area contributed by atoms with Crippen LogP contribution in [0.1, 0.15) is 42.6 Å². The first kappa shape index (κ1) is 11.7. The topological polar surface area (TPSA) is 17.1 Å². The third-order valence-corrected chi connectivity index (χ3v) is 2.79. The maximum Gasteiger partial charge on any atom is 0.165 e. The number of benzene rings is 1. The van der Waals surface area contributed by atoms with E-state index in [4.69, 9.17) is 0 Å². The lowest BCUT2D eigenvalue weighted by atomic mass is 9.93. The van der Waals surface area contributed by atoms with Gasteiger partial charge < -0.3 is 0 Å². The Hall–Kier alpha value is -1.37. The van der Waals surface area contributed by atoms with Crippen LogP contribution in [-0.4, -0.2) is 5.78 Å². The number of hydrogen-bond donors (Lipinski definition) is 0. The fourth-order valence-electron chi connectivity index (χ4n) is 1.68. The van der Waals surface area contributed by atoms with Crippen molar-refractivity contribution in [3.05, 3.63) is 42.0 Å². The highest BCUT2D eigenvalue weighted by molar-refractivity contribution is 5.97. The number of hydrogen-bond acceptors (Lipinski definition) is 1. The highest BCUT2D eigenvalue weighted by Crippen LogP contribution is 2.16. The lowest BCUT2D eigenvalue weighted by Gasteiger charge is -2.10. The molecule has 0 spiro atoms. The Morgan fingerprint density at radius 2 is 1.80 bits per heavy atom. The zero-order valence-electron chi connectivity index (χ0n) is 9.49. The monoisotopic (exact) mass is 202 g/mol. The van der Waals surface area contributed by atoms with Crippen LogP contribution in [0.5, 0.6) is 0 Å². The van der Waals surface area contributed by atoms with Gasteiger partial charge in [-0.05, 0) is 18.4 Å². The summed E-state index contributed by atoms with van der Waals surface area (Å²) in [4.78, 5) is 12.0. The molecule has 0 aliphatic rings. The van der Waals surface area contributed by atoms with Gasteiger partial charge in [-0.25, -0.2) is 0 Å². The van der Waals surface area contributed by atoms with Crippen molar-refractivity contribution in [3.63, 3.8) is 0 Å². The van der Waals surface area contributed by atoms with Gasteiger partial charge in [0, 0.05) is 11.5 Å². The van der Waals surface area contributed by atoms with E-state index < -0.39 is 0 Å². The Morgan fingerprint density at radius 3 is 2.20 bits per heavy atom. The molecule has 0 saturated heterocycles. The number of Topliss-reactive ketones (excluding diaryl/α,β-unsaturated/α-hetero) is 1. The van der Waals surface area contributed by atoms with Crippen LogP contribution >= 0.6 is 0 Å². The molecular formula is C14H18O. The Kier molecular flexibility index (Phi) is 4.29. The Labute approximate surface area is 91.8 Å². The molecule has 1 nitrogen and oxygen atoms in total. The van der Waals surface area contributed by atoms with Gasteiger partial charge in [-0.2, -0.15) is 0 Å². The largest absolute Gasteiger partial charge is 0.294 e. The summed E-state index contributed by atoms with van der Waals surface area (Å²) < 4.78 is 0. The Morgan fingerprint density at radius 1 is 1.27 bits per heavy atom. The van der Waals surface area contributed by atoms with Crippen LogP contribution in [0, 0.1) is 5.92 Å². The van der Waals surface area contributed by atoms with Gasteiger partial charge in [0.2, 0.25) is 0 Å². The fraction of sp³-hybridized carbons (Fsp3) is 0.357. The summed E-state index contributed by atoms with van der Waals surface area (Å²) in [6.45, 7) is 7.81. The molecule has 1 rings (SSSR count). The quantitative estimate of drug-likeness (QED) is 0.661. The van der Waals surface area contributed by atoms with E-state index in [9.17, 15) is 4.79 Å². The first-order valence-corrected chi connectivity index (χ1v) is 5.49. The number of carbonyl (C=O) groups is 1. The second-order valence-corrected chi connectivity index (χ2v) is 3.70. The smallest absolute Gasteiger partial charge is 0.165 e. The molecule has 0 heterocycles. The minimum Gasteiger partial charge on any atom is -0.294 e. The Balaban J connectivity index is 2.86.